The summed E-state index contributed by atoms with van der Waals surface area (Å²) in [6.45, 7) is 5.65. The van der Waals surface area contributed by atoms with Gasteiger partial charge in [-0.05, 0) is 54.9 Å². The molecule has 1 heterocycles. The van der Waals surface area contributed by atoms with E-state index in [1.807, 2.05) is 12.1 Å². The number of benzene rings is 2. The van der Waals surface area contributed by atoms with Gasteiger partial charge in [0.05, 0.1) is 13.5 Å². The van der Waals surface area contributed by atoms with E-state index in [0.717, 1.165) is 44.9 Å². The average Bonchev–Trinajstić information content (AvgIpc) is 2.72. The number of ether oxygens (including phenoxy) is 1. The van der Waals surface area contributed by atoms with E-state index in [0.29, 0.717) is 12.1 Å². The second-order valence-corrected chi connectivity index (χ2v) is 7.04. The molecule has 1 N–H and O–H groups in total. The molecule has 6 heteroatoms. The monoisotopic (exact) mass is 385 g/mol. The first-order valence-corrected chi connectivity index (χ1v) is 9.76. The Hall–Kier alpha value is -2.60. The van der Waals surface area contributed by atoms with Gasteiger partial charge in [0.1, 0.15) is 11.6 Å². The quantitative estimate of drug-likeness (QED) is 0.710. The van der Waals surface area contributed by atoms with Crippen molar-refractivity contribution in [3.63, 3.8) is 0 Å². The summed E-state index contributed by atoms with van der Waals surface area (Å²) < 4.78 is 18.4. The van der Waals surface area contributed by atoms with Gasteiger partial charge in [0.25, 0.3) is 0 Å². The van der Waals surface area contributed by atoms with Crippen LogP contribution in [0.1, 0.15) is 12.0 Å². The number of nitrogens with zero attached hydrogens (tertiary/aromatic N) is 2. The number of anilines is 1. The lowest BCUT2D eigenvalue weighted by Crippen LogP contribution is -2.47. The first-order chi connectivity index (χ1) is 13.6. The highest BCUT2D eigenvalue weighted by Gasteiger charge is 2.16. The average molecular weight is 385 g/mol. The van der Waals surface area contributed by atoms with Crippen molar-refractivity contribution in [2.75, 3.05) is 51.3 Å². The molecule has 0 unspecified atom stereocenters. The van der Waals surface area contributed by atoms with Crippen LogP contribution in [0.4, 0.5) is 10.1 Å². The zero-order valence-electron chi connectivity index (χ0n) is 16.4. The van der Waals surface area contributed by atoms with Crippen molar-refractivity contribution < 1.29 is 13.9 Å². The lowest BCUT2D eigenvalue weighted by Gasteiger charge is -2.36. The van der Waals surface area contributed by atoms with Gasteiger partial charge in [-0.2, -0.15) is 0 Å². The minimum Gasteiger partial charge on any atom is -0.497 e. The van der Waals surface area contributed by atoms with Crippen molar-refractivity contribution >= 4 is 11.6 Å². The van der Waals surface area contributed by atoms with Gasteiger partial charge in [0, 0.05) is 38.4 Å². The third-order valence-electron chi connectivity index (χ3n) is 5.04. The van der Waals surface area contributed by atoms with Gasteiger partial charge >= 0.3 is 0 Å². The minimum absolute atomic E-state index is 0.0603. The fraction of sp³-hybridized carbons (Fsp3) is 0.409. The first kappa shape index (κ1) is 20.1. The molecule has 0 aliphatic carbocycles. The number of nitrogens with one attached hydrogen (secondary N) is 1. The van der Waals surface area contributed by atoms with E-state index in [-0.39, 0.29) is 18.1 Å². The van der Waals surface area contributed by atoms with Gasteiger partial charge in [-0.1, -0.05) is 12.1 Å². The van der Waals surface area contributed by atoms with Gasteiger partial charge in [-0.3, -0.25) is 9.69 Å². The molecule has 1 aliphatic heterocycles. The van der Waals surface area contributed by atoms with Gasteiger partial charge in [0.15, 0.2) is 0 Å². The van der Waals surface area contributed by atoms with Crippen LogP contribution in [0.2, 0.25) is 0 Å². The molecule has 28 heavy (non-hydrogen) atoms. The Morgan fingerprint density at radius 3 is 2.54 bits per heavy atom. The van der Waals surface area contributed by atoms with Crippen molar-refractivity contribution in [3.05, 3.63) is 59.9 Å². The van der Waals surface area contributed by atoms with Gasteiger partial charge in [0.2, 0.25) is 5.91 Å². The molecule has 1 aliphatic rings. The fourth-order valence-electron chi connectivity index (χ4n) is 3.45. The molecule has 0 radical (unpaired) electrons. The summed E-state index contributed by atoms with van der Waals surface area (Å²) in [6.07, 6.45) is 1.13. The number of hydrogen-bond donors (Lipinski definition) is 1. The van der Waals surface area contributed by atoms with Crippen LogP contribution in [-0.4, -0.2) is 57.2 Å². The second kappa shape index (κ2) is 10.1. The maximum absolute atomic E-state index is 13.2. The van der Waals surface area contributed by atoms with Crippen molar-refractivity contribution in [1.82, 2.24) is 10.2 Å². The van der Waals surface area contributed by atoms with Crippen LogP contribution >= 0.6 is 0 Å². The number of carbonyl (C=O) groups excluding carboxylic acids is 1. The number of methoxy groups -OCH3 is 1. The van der Waals surface area contributed by atoms with Gasteiger partial charge < -0.3 is 15.0 Å². The van der Waals surface area contributed by atoms with E-state index in [1.54, 1.807) is 19.2 Å². The van der Waals surface area contributed by atoms with E-state index >= 15 is 0 Å². The zero-order valence-corrected chi connectivity index (χ0v) is 16.4. The third-order valence-corrected chi connectivity index (χ3v) is 5.04. The summed E-state index contributed by atoms with van der Waals surface area (Å²) in [5.74, 6) is 0.510. The predicted molar refractivity (Wildman–Crippen MR) is 109 cm³/mol. The van der Waals surface area contributed by atoms with Crippen molar-refractivity contribution in [1.29, 1.82) is 0 Å². The van der Waals surface area contributed by atoms with E-state index in [2.05, 4.69) is 27.2 Å². The number of hydrogen-bond acceptors (Lipinski definition) is 4. The molecule has 0 aromatic heterocycles. The summed E-state index contributed by atoms with van der Waals surface area (Å²) >= 11 is 0. The smallest absolute Gasteiger partial charge is 0.224 e. The van der Waals surface area contributed by atoms with Crippen LogP contribution < -0.4 is 15.0 Å². The number of carbonyl (C=O) groups is 1. The normalized spacial score (nSPS) is 14.7. The van der Waals surface area contributed by atoms with Crippen LogP contribution in [0.5, 0.6) is 5.75 Å². The maximum atomic E-state index is 13.2. The molecule has 150 valence electrons. The summed E-state index contributed by atoms with van der Waals surface area (Å²) in [5, 5.41) is 2.93. The minimum atomic E-state index is -0.306. The van der Waals surface area contributed by atoms with Crippen molar-refractivity contribution in [3.8, 4) is 5.75 Å². The maximum Gasteiger partial charge on any atom is 0.224 e. The lowest BCUT2D eigenvalue weighted by molar-refractivity contribution is -0.120. The molecular weight excluding hydrogens is 357 g/mol. The Morgan fingerprint density at radius 2 is 1.86 bits per heavy atom. The lowest BCUT2D eigenvalue weighted by atomic mass is 10.1. The van der Waals surface area contributed by atoms with Gasteiger partial charge in [-0.15, -0.1) is 0 Å². The molecule has 1 amide bonds. The van der Waals surface area contributed by atoms with E-state index in [4.69, 9.17) is 4.74 Å². The van der Waals surface area contributed by atoms with Crippen LogP contribution in [0.3, 0.4) is 0 Å². The standard InChI is InChI=1S/C22H28FN3O2/c1-28-21-8-6-20(7-9-21)26-14-12-25(13-15-26)11-3-10-24-22(27)17-18-4-2-5-19(23)16-18/h2,4-9,16H,3,10-15,17H2,1H3,(H,24,27). The van der Waals surface area contributed by atoms with E-state index < -0.39 is 0 Å². The number of amides is 1. The first-order valence-electron chi connectivity index (χ1n) is 9.76. The summed E-state index contributed by atoms with van der Waals surface area (Å²) in [4.78, 5) is 16.8. The molecule has 5 nitrogen and oxygen atoms in total. The SMILES string of the molecule is COc1ccc(N2CCN(CCCNC(=O)Cc3cccc(F)c3)CC2)cc1. The Balaban J connectivity index is 1.31. The summed E-state index contributed by atoms with van der Waals surface area (Å²) in [5.41, 5.74) is 1.93. The molecule has 1 saturated heterocycles. The molecule has 0 bridgehead atoms. The van der Waals surface area contributed by atoms with Crippen LogP contribution in [0.25, 0.3) is 0 Å². The molecule has 0 spiro atoms. The zero-order chi connectivity index (χ0) is 19.8. The van der Waals surface area contributed by atoms with Crippen molar-refractivity contribution in [2.45, 2.75) is 12.8 Å². The number of halogens is 1. The molecule has 0 atom stereocenters. The highest BCUT2D eigenvalue weighted by atomic mass is 19.1. The predicted octanol–water partition coefficient (Wildman–Crippen LogP) is 2.71. The van der Waals surface area contributed by atoms with E-state index in [9.17, 15) is 9.18 Å². The molecular formula is C22H28FN3O2. The Labute approximate surface area is 166 Å². The Morgan fingerprint density at radius 1 is 1.11 bits per heavy atom. The summed E-state index contributed by atoms with van der Waals surface area (Å²) in [6, 6.07) is 14.4. The van der Waals surface area contributed by atoms with Crippen LogP contribution in [0, 0.1) is 5.82 Å². The Kier molecular flexibility index (Phi) is 7.25. The highest BCUT2D eigenvalue weighted by molar-refractivity contribution is 5.78. The summed E-state index contributed by atoms with van der Waals surface area (Å²) in [7, 11) is 1.68. The molecule has 3 rings (SSSR count). The molecule has 2 aromatic carbocycles. The molecule has 1 fully saturated rings. The van der Waals surface area contributed by atoms with Gasteiger partial charge in [-0.25, -0.2) is 4.39 Å². The molecule has 2 aromatic rings. The number of rotatable bonds is 8. The largest absolute Gasteiger partial charge is 0.497 e. The highest BCUT2D eigenvalue weighted by Crippen LogP contribution is 2.20. The topological polar surface area (TPSA) is 44.8 Å². The van der Waals surface area contributed by atoms with Crippen molar-refractivity contribution in [2.24, 2.45) is 0 Å². The molecule has 0 saturated carbocycles. The van der Waals surface area contributed by atoms with E-state index in [1.165, 1.54) is 17.8 Å². The Bertz CT molecular complexity index is 759. The fourth-order valence-corrected chi connectivity index (χ4v) is 3.45. The third kappa shape index (κ3) is 5.96. The number of piperazine rings is 1. The van der Waals surface area contributed by atoms with Crippen LogP contribution in [0.15, 0.2) is 48.5 Å². The van der Waals surface area contributed by atoms with Crippen LogP contribution in [-0.2, 0) is 11.2 Å². The second-order valence-electron chi connectivity index (χ2n) is 7.04.